The number of carbonyl (C=O) groups excluding carboxylic acids is 2. The fraction of sp³-hybridized carbons (Fsp3) is 0.200. The van der Waals surface area contributed by atoms with Gasteiger partial charge in [-0.15, -0.1) is 5.10 Å². The Morgan fingerprint density at radius 1 is 0.860 bits per heavy atom. The maximum atomic E-state index is 13.1. The molecule has 0 aliphatic carbocycles. The molecule has 8 nitrogen and oxygen atoms in total. The number of benzene rings is 4. The number of rotatable bonds is 12. The lowest BCUT2D eigenvalue weighted by atomic mass is 10.00. The number of ether oxygens (including phenoxy) is 2. The Kier molecular flexibility index (Phi) is 9.26. The molecule has 218 valence electrons. The van der Waals surface area contributed by atoms with Crippen LogP contribution in [0.1, 0.15) is 64.2 Å². The summed E-state index contributed by atoms with van der Waals surface area (Å²) in [5, 5.41) is 11.6. The van der Waals surface area contributed by atoms with Gasteiger partial charge in [0, 0.05) is 23.7 Å². The topological polar surface area (TPSA) is 95.3 Å². The highest BCUT2D eigenvalue weighted by molar-refractivity contribution is 5.98. The van der Waals surface area contributed by atoms with Crippen LogP contribution in [0.3, 0.4) is 0 Å². The molecule has 0 saturated carbocycles. The van der Waals surface area contributed by atoms with Crippen molar-refractivity contribution in [1.29, 1.82) is 0 Å². The minimum absolute atomic E-state index is 0.106. The molecule has 0 radical (unpaired) electrons. The predicted molar refractivity (Wildman–Crippen MR) is 166 cm³/mol. The summed E-state index contributed by atoms with van der Waals surface area (Å²) in [7, 11) is 0. The molecule has 0 bridgehead atoms. The summed E-state index contributed by atoms with van der Waals surface area (Å²) in [5.41, 5.74) is 5.49. The van der Waals surface area contributed by atoms with Crippen molar-refractivity contribution in [2.45, 2.75) is 39.9 Å². The molecule has 4 aromatic carbocycles. The summed E-state index contributed by atoms with van der Waals surface area (Å²) in [5.74, 6) is 0.984. The monoisotopic (exact) mass is 574 g/mol. The number of hydrogen-bond donors (Lipinski definition) is 1. The van der Waals surface area contributed by atoms with Crippen LogP contribution in [0, 0.1) is 0 Å². The second-order valence-corrected chi connectivity index (χ2v) is 10.4. The summed E-state index contributed by atoms with van der Waals surface area (Å²) in [4.78, 5) is 24.5. The first-order chi connectivity index (χ1) is 21.0. The minimum atomic E-state index is -0.345. The first-order valence-electron chi connectivity index (χ1n) is 14.3. The van der Waals surface area contributed by atoms with E-state index in [1.54, 1.807) is 28.9 Å². The standard InChI is InChI=1S/C35H34N4O4/c1-4-36-35(41)33-34(28-17-15-25(21-40)16-18-28)39(38-37-33)30-19-29(24(2)3)31(42-22-26-11-7-5-8-12-26)20-32(30)43-23-27-13-9-6-10-14-27/h5-21,24H,4,22-23H2,1-3H3,(H,36,41). The van der Waals surface area contributed by atoms with E-state index < -0.39 is 0 Å². The molecule has 5 rings (SSSR count). The zero-order valence-electron chi connectivity index (χ0n) is 24.5. The molecule has 0 saturated heterocycles. The quantitative estimate of drug-likeness (QED) is 0.165. The second kappa shape index (κ2) is 13.6. The van der Waals surface area contributed by atoms with E-state index in [4.69, 9.17) is 9.47 Å². The average molecular weight is 575 g/mol. The summed E-state index contributed by atoms with van der Waals surface area (Å²) in [6, 6.07) is 30.7. The number of aldehydes is 1. The highest BCUT2D eigenvalue weighted by Crippen LogP contribution is 2.38. The Balaban J connectivity index is 1.66. The van der Waals surface area contributed by atoms with E-state index in [0.717, 1.165) is 23.0 Å². The Morgan fingerprint density at radius 2 is 1.47 bits per heavy atom. The van der Waals surface area contributed by atoms with E-state index >= 15 is 0 Å². The van der Waals surface area contributed by atoms with Crippen molar-refractivity contribution in [3.63, 3.8) is 0 Å². The van der Waals surface area contributed by atoms with Crippen molar-refractivity contribution >= 4 is 12.2 Å². The van der Waals surface area contributed by atoms with Gasteiger partial charge in [-0.05, 0) is 35.6 Å². The van der Waals surface area contributed by atoms with Crippen LogP contribution in [0.25, 0.3) is 16.9 Å². The van der Waals surface area contributed by atoms with Gasteiger partial charge in [0.15, 0.2) is 5.69 Å². The predicted octanol–water partition coefficient (Wildman–Crippen LogP) is 6.78. The van der Waals surface area contributed by atoms with Gasteiger partial charge < -0.3 is 14.8 Å². The van der Waals surface area contributed by atoms with Crippen LogP contribution in [0.4, 0.5) is 0 Å². The van der Waals surface area contributed by atoms with E-state index in [0.29, 0.717) is 53.8 Å². The van der Waals surface area contributed by atoms with Gasteiger partial charge in [0.2, 0.25) is 0 Å². The SMILES string of the molecule is CCNC(=O)c1nnn(-c2cc(C(C)C)c(OCc3ccccc3)cc2OCc2ccccc2)c1-c1ccc(C=O)cc1. The number of hydrogen-bond acceptors (Lipinski definition) is 6. The summed E-state index contributed by atoms with van der Waals surface area (Å²) in [6.45, 7) is 7.19. The molecule has 43 heavy (non-hydrogen) atoms. The number of nitrogens with zero attached hydrogens (tertiary/aromatic N) is 3. The lowest BCUT2D eigenvalue weighted by Gasteiger charge is -2.20. The Morgan fingerprint density at radius 3 is 2.02 bits per heavy atom. The normalized spacial score (nSPS) is 10.9. The van der Waals surface area contributed by atoms with E-state index in [-0.39, 0.29) is 17.5 Å². The number of aromatic nitrogens is 3. The number of amides is 1. The molecule has 0 aliphatic heterocycles. The Hall–Kier alpha value is -5.24. The molecule has 0 aliphatic rings. The Bertz CT molecular complexity index is 1680. The molecule has 8 heteroatoms. The van der Waals surface area contributed by atoms with Gasteiger partial charge in [-0.3, -0.25) is 9.59 Å². The van der Waals surface area contributed by atoms with Crippen molar-refractivity contribution < 1.29 is 19.1 Å². The smallest absolute Gasteiger partial charge is 0.274 e. The van der Waals surface area contributed by atoms with Crippen molar-refractivity contribution in [1.82, 2.24) is 20.3 Å². The van der Waals surface area contributed by atoms with Crippen molar-refractivity contribution in [3.8, 4) is 28.4 Å². The summed E-state index contributed by atoms with van der Waals surface area (Å²) < 4.78 is 14.4. The van der Waals surface area contributed by atoms with E-state index in [1.165, 1.54) is 0 Å². The maximum Gasteiger partial charge on any atom is 0.274 e. The molecule has 0 atom stereocenters. The third-order valence-corrected chi connectivity index (χ3v) is 6.96. The summed E-state index contributed by atoms with van der Waals surface area (Å²) in [6.07, 6.45) is 0.780. The molecule has 1 amide bonds. The van der Waals surface area contributed by atoms with Crippen LogP contribution >= 0.6 is 0 Å². The van der Waals surface area contributed by atoms with E-state index in [2.05, 4.69) is 29.5 Å². The third kappa shape index (κ3) is 6.81. The molecule has 1 heterocycles. The molecular weight excluding hydrogens is 540 g/mol. The first kappa shape index (κ1) is 29.3. The van der Waals surface area contributed by atoms with Gasteiger partial charge in [-0.25, -0.2) is 4.68 Å². The van der Waals surface area contributed by atoms with Gasteiger partial charge in [0.1, 0.15) is 42.4 Å². The van der Waals surface area contributed by atoms with Crippen LogP contribution in [0.5, 0.6) is 11.5 Å². The number of carbonyl (C=O) groups is 2. The van der Waals surface area contributed by atoms with Crippen LogP contribution in [-0.4, -0.2) is 33.7 Å². The van der Waals surface area contributed by atoms with E-state index in [1.807, 2.05) is 79.7 Å². The van der Waals surface area contributed by atoms with Crippen LogP contribution in [-0.2, 0) is 13.2 Å². The van der Waals surface area contributed by atoms with Crippen molar-refractivity contribution in [2.75, 3.05) is 6.54 Å². The zero-order valence-corrected chi connectivity index (χ0v) is 24.5. The van der Waals surface area contributed by atoms with Crippen molar-refractivity contribution in [2.24, 2.45) is 0 Å². The van der Waals surface area contributed by atoms with E-state index in [9.17, 15) is 9.59 Å². The highest BCUT2D eigenvalue weighted by atomic mass is 16.5. The molecule has 0 spiro atoms. The van der Waals surface area contributed by atoms with Gasteiger partial charge in [0.25, 0.3) is 5.91 Å². The van der Waals surface area contributed by atoms with Gasteiger partial charge in [-0.1, -0.05) is 104 Å². The fourth-order valence-corrected chi connectivity index (χ4v) is 4.72. The molecule has 0 fully saturated rings. The number of nitrogens with one attached hydrogen (secondary N) is 1. The minimum Gasteiger partial charge on any atom is -0.488 e. The Labute approximate surface area is 251 Å². The molecular formula is C35H34N4O4. The highest BCUT2D eigenvalue weighted by Gasteiger charge is 2.25. The molecule has 0 unspecified atom stereocenters. The third-order valence-electron chi connectivity index (χ3n) is 6.96. The van der Waals surface area contributed by atoms with Crippen LogP contribution < -0.4 is 14.8 Å². The fourth-order valence-electron chi connectivity index (χ4n) is 4.72. The first-order valence-corrected chi connectivity index (χ1v) is 14.3. The van der Waals surface area contributed by atoms with Crippen LogP contribution in [0.15, 0.2) is 97.1 Å². The average Bonchev–Trinajstić information content (AvgIpc) is 3.49. The molecule has 1 aromatic heterocycles. The van der Waals surface area contributed by atoms with Gasteiger partial charge >= 0.3 is 0 Å². The lowest BCUT2D eigenvalue weighted by Crippen LogP contribution is -2.23. The maximum absolute atomic E-state index is 13.1. The molecule has 1 N–H and O–H groups in total. The zero-order chi connectivity index (χ0) is 30.2. The summed E-state index contributed by atoms with van der Waals surface area (Å²) >= 11 is 0. The van der Waals surface area contributed by atoms with Crippen molar-refractivity contribution in [3.05, 3.63) is 125 Å². The second-order valence-electron chi connectivity index (χ2n) is 10.4. The lowest BCUT2D eigenvalue weighted by molar-refractivity contribution is 0.0951. The van der Waals surface area contributed by atoms with Crippen LogP contribution in [0.2, 0.25) is 0 Å². The van der Waals surface area contributed by atoms with Gasteiger partial charge in [0.05, 0.1) is 0 Å². The largest absolute Gasteiger partial charge is 0.488 e. The molecule has 5 aromatic rings. The van der Waals surface area contributed by atoms with Gasteiger partial charge in [-0.2, -0.15) is 0 Å².